The van der Waals surface area contributed by atoms with Crippen molar-refractivity contribution in [3.05, 3.63) is 57.6 Å². The van der Waals surface area contributed by atoms with Crippen LogP contribution in [0.2, 0.25) is 5.02 Å². The van der Waals surface area contributed by atoms with E-state index in [1.165, 1.54) is 35.7 Å². The molecule has 1 N–H and O–H groups in total. The number of ether oxygens (including phenoxy) is 1. The maximum Gasteiger partial charge on any atom is 0.273 e. The third-order valence-electron chi connectivity index (χ3n) is 4.66. The van der Waals surface area contributed by atoms with Gasteiger partial charge in [-0.25, -0.2) is 8.42 Å². The third kappa shape index (κ3) is 4.37. The Bertz CT molecular complexity index is 958. The van der Waals surface area contributed by atoms with E-state index in [0.29, 0.717) is 42.4 Å². The number of benzene rings is 2. The highest BCUT2D eigenvalue weighted by molar-refractivity contribution is 7.89. The van der Waals surface area contributed by atoms with E-state index in [1.807, 2.05) is 0 Å². The Labute approximate surface area is 168 Å². The number of hydrogen-bond donors (Lipinski definition) is 1. The van der Waals surface area contributed by atoms with Crippen molar-refractivity contribution in [2.75, 3.05) is 25.5 Å². The summed E-state index contributed by atoms with van der Waals surface area (Å²) in [6, 6.07) is 10.5. The zero-order valence-electron chi connectivity index (χ0n) is 15.2. The van der Waals surface area contributed by atoms with E-state index in [2.05, 4.69) is 5.32 Å². The first-order valence-electron chi connectivity index (χ1n) is 8.66. The van der Waals surface area contributed by atoms with Crippen molar-refractivity contribution in [1.29, 1.82) is 0 Å². The number of non-ortho nitro benzene ring substituents is 1. The first-order valence-corrected chi connectivity index (χ1v) is 10.5. The molecule has 0 saturated carbocycles. The lowest BCUT2D eigenvalue weighted by Crippen LogP contribution is -2.42. The Morgan fingerprint density at radius 2 is 1.82 bits per heavy atom. The molecule has 8 nitrogen and oxygen atoms in total. The molecule has 0 amide bonds. The molecular weight excluding hydrogens is 406 g/mol. The van der Waals surface area contributed by atoms with E-state index < -0.39 is 14.9 Å². The molecule has 0 radical (unpaired) electrons. The van der Waals surface area contributed by atoms with E-state index in [9.17, 15) is 18.5 Å². The van der Waals surface area contributed by atoms with Crippen LogP contribution in [0.4, 0.5) is 11.4 Å². The summed E-state index contributed by atoms with van der Waals surface area (Å²) >= 11 is 5.83. The van der Waals surface area contributed by atoms with Gasteiger partial charge < -0.3 is 10.1 Å². The third-order valence-corrected chi connectivity index (χ3v) is 6.83. The van der Waals surface area contributed by atoms with Gasteiger partial charge in [0.25, 0.3) is 5.69 Å². The van der Waals surface area contributed by atoms with Gasteiger partial charge in [-0.15, -0.1) is 0 Å². The summed E-state index contributed by atoms with van der Waals surface area (Å²) < 4.78 is 32.2. The normalized spacial score (nSPS) is 15.9. The molecule has 1 aliphatic rings. The fraction of sp³-hybridized carbons (Fsp3) is 0.333. The Morgan fingerprint density at radius 3 is 2.39 bits per heavy atom. The monoisotopic (exact) mass is 425 g/mol. The SMILES string of the molecule is COc1cc([N+](=O)[O-])ccc1NC1CCN(S(=O)(=O)c2ccc(Cl)cc2)CC1. The topological polar surface area (TPSA) is 102 Å². The number of anilines is 1. The smallest absolute Gasteiger partial charge is 0.273 e. The number of nitro benzene ring substituents is 1. The van der Waals surface area contributed by atoms with Crippen LogP contribution in [0.3, 0.4) is 0 Å². The van der Waals surface area contributed by atoms with Crippen LogP contribution in [0.25, 0.3) is 0 Å². The van der Waals surface area contributed by atoms with Crippen molar-refractivity contribution in [2.24, 2.45) is 0 Å². The Balaban J connectivity index is 1.66. The fourth-order valence-electron chi connectivity index (χ4n) is 3.13. The van der Waals surface area contributed by atoms with Crippen molar-refractivity contribution >= 4 is 33.0 Å². The molecule has 0 aromatic heterocycles. The van der Waals surface area contributed by atoms with Gasteiger partial charge in [-0.2, -0.15) is 4.31 Å². The predicted octanol–water partition coefficient (Wildman–Crippen LogP) is 3.52. The second-order valence-corrected chi connectivity index (χ2v) is 8.79. The zero-order chi connectivity index (χ0) is 20.3. The van der Waals surface area contributed by atoms with Gasteiger partial charge in [-0.05, 0) is 43.2 Å². The first-order chi connectivity index (χ1) is 13.3. The van der Waals surface area contributed by atoms with Crippen LogP contribution in [-0.4, -0.2) is 43.9 Å². The van der Waals surface area contributed by atoms with Gasteiger partial charge in [0.15, 0.2) is 0 Å². The highest BCUT2D eigenvalue weighted by Gasteiger charge is 2.29. The van der Waals surface area contributed by atoms with Crippen molar-refractivity contribution in [3.63, 3.8) is 0 Å². The lowest BCUT2D eigenvalue weighted by molar-refractivity contribution is -0.384. The molecule has 0 unspecified atom stereocenters. The van der Waals surface area contributed by atoms with Crippen LogP contribution in [0, 0.1) is 10.1 Å². The number of piperidine rings is 1. The minimum atomic E-state index is -3.56. The summed E-state index contributed by atoms with van der Waals surface area (Å²) in [6.07, 6.45) is 1.21. The van der Waals surface area contributed by atoms with Crippen LogP contribution < -0.4 is 10.1 Å². The largest absolute Gasteiger partial charge is 0.494 e. The van der Waals surface area contributed by atoms with Gasteiger partial charge in [-0.1, -0.05) is 11.6 Å². The number of nitro groups is 1. The molecule has 2 aromatic rings. The van der Waals surface area contributed by atoms with Crippen molar-refractivity contribution < 1.29 is 18.1 Å². The number of methoxy groups -OCH3 is 1. The van der Waals surface area contributed by atoms with Gasteiger partial charge in [0.05, 0.1) is 28.7 Å². The second-order valence-electron chi connectivity index (χ2n) is 6.42. The molecule has 150 valence electrons. The molecule has 0 atom stereocenters. The summed E-state index contributed by atoms with van der Waals surface area (Å²) in [5.74, 6) is 0.380. The molecule has 0 spiro atoms. The van der Waals surface area contributed by atoms with Gasteiger partial charge in [0.2, 0.25) is 10.0 Å². The van der Waals surface area contributed by atoms with Crippen LogP contribution in [0.15, 0.2) is 47.4 Å². The average Bonchev–Trinajstić information content (AvgIpc) is 2.69. The van der Waals surface area contributed by atoms with E-state index in [0.717, 1.165) is 0 Å². The van der Waals surface area contributed by atoms with Crippen LogP contribution in [0.5, 0.6) is 5.75 Å². The molecule has 1 saturated heterocycles. The number of hydrogen-bond acceptors (Lipinski definition) is 6. The summed E-state index contributed by atoms with van der Waals surface area (Å²) in [5, 5.41) is 14.7. The van der Waals surface area contributed by atoms with E-state index in [4.69, 9.17) is 16.3 Å². The van der Waals surface area contributed by atoms with Crippen LogP contribution in [0.1, 0.15) is 12.8 Å². The lowest BCUT2D eigenvalue weighted by atomic mass is 10.1. The maximum absolute atomic E-state index is 12.7. The highest BCUT2D eigenvalue weighted by Crippen LogP contribution is 2.31. The quantitative estimate of drug-likeness (QED) is 0.561. The van der Waals surface area contributed by atoms with E-state index >= 15 is 0 Å². The van der Waals surface area contributed by atoms with Gasteiger partial charge in [0, 0.05) is 30.2 Å². The van der Waals surface area contributed by atoms with Crippen LogP contribution >= 0.6 is 11.6 Å². The molecule has 2 aromatic carbocycles. The molecule has 1 fully saturated rings. The molecule has 10 heteroatoms. The molecule has 1 heterocycles. The molecule has 0 aliphatic carbocycles. The van der Waals surface area contributed by atoms with Crippen LogP contribution in [-0.2, 0) is 10.0 Å². The standard InChI is InChI=1S/C18H20ClN3O5S/c1-27-18-12-15(22(23)24)4-7-17(18)20-14-8-10-21(11-9-14)28(25,26)16-5-2-13(19)3-6-16/h2-7,12,14,20H,8-11H2,1H3. The summed E-state index contributed by atoms with van der Waals surface area (Å²) in [6.45, 7) is 0.746. The van der Waals surface area contributed by atoms with Gasteiger partial charge in [-0.3, -0.25) is 10.1 Å². The number of rotatable bonds is 6. The number of nitrogens with one attached hydrogen (secondary N) is 1. The Morgan fingerprint density at radius 1 is 1.18 bits per heavy atom. The molecule has 0 bridgehead atoms. The highest BCUT2D eigenvalue weighted by atomic mass is 35.5. The molecular formula is C18H20ClN3O5S. The molecule has 28 heavy (non-hydrogen) atoms. The molecule has 3 rings (SSSR count). The second kappa shape index (κ2) is 8.34. The van der Waals surface area contributed by atoms with Crippen molar-refractivity contribution in [1.82, 2.24) is 4.31 Å². The molecule has 1 aliphatic heterocycles. The zero-order valence-corrected chi connectivity index (χ0v) is 16.7. The summed E-state index contributed by atoms with van der Waals surface area (Å²) in [7, 11) is -2.11. The Hall–Kier alpha value is -2.36. The van der Waals surface area contributed by atoms with Crippen molar-refractivity contribution in [3.8, 4) is 5.75 Å². The van der Waals surface area contributed by atoms with E-state index in [1.54, 1.807) is 18.2 Å². The fourth-order valence-corrected chi connectivity index (χ4v) is 4.72. The Kier molecular flexibility index (Phi) is 6.07. The number of halogens is 1. The average molecular weight is 426 g/mol. The number of nitrogens with zero attached hydrogens (tertiary/aromatic N) is 2. The van der Waals surface area contributed by atoms with Gasteiger partial charge in [0.1, 0.15) is 5.75 Å². The predicted molar refractivity (Wildman–Crippen MR) is 107 cm³/mol. The summed E-state index contributed by atoms with van der Waals surface area (Å²) in [5.41, 5.74) is 0.596. The number of sulfonamides is 1. The maximum atomic E-state index is 12.7. The van der Waals surface area contributed by atoms with E-state index in [-0.39, 0.29) is 16.6 Å². The van der Waals surface area contributed by atoms with Gasteiger partial charge >= 0.3 is 0 Å². The summed E-state index contributed by atoms with van der Waals surface area (Å²) in [4.78, 5) is 10.6. The lowest BCUT2D eigenvalue weighted by Gasteiger charge is -2.32. The minimum absolute atomic E-state index is 0.0343. The van der Waals surface area contributed by atoms with Crippen molar-refractivity contribution in [2.45, 2.75) is 23.8 Å². The first kappa shape index (κ1) is 20.4. The minimum Gasteiger partial charge on any atom is -0.494 e.